The molecule has 4 N–H and O–H groups in total. The van der Waals surface area contributed by atoms with Crippen LogP contribution in [0, 0.1) is 27.7 Å². The van der Waals surface area contributed by atoms with E-state index in [1.807, 2.05) is 76.2 Å². The predicted molar refractivity (Wildman–Crippen MR) is 140 cm³/mol. The molecular formula is C31H32O4. The maximum Gasteiger partial charge on any atom is 0.118 e. The SMILES string of the molecule is Cc1cc(CC(c2ccc(O)c(C)c2)C(c2ccc(O)c(C)c2)c2ccc(O)c(C)c2)ccc1O. The molecule has 0 aliphatic carbocycles. The maximum absolute atomic E-state index is 10.2. The summed E-state index contributed by atoms with van der Waals surface area (Å²) >= 11 is 0. The van der Waals surface area contributed by atoms with Crippen molar-refractivity contribution in [2.45, 2.75) is 46.0 Å². The Hall–Kier alpha value is -3.92. The molecule has 0 aromatic heterocycles. The van der Waals surface area contributed by atoms with E-state index in [1.54, 1.807) is 24.3 Å². The molecule has 0 aliphatic heterocycles. The van der Waals surface area contributed by atoms with E-state index >= 15 is 0 Å². The molecule has 0 bridgehead atoms. The van der Waals surface area contributed by atoms with Crippen LogP contribution in [0.1, 0.15) is 56.3 Å². The van der Waals surface area contributed by atoms with Gasteiger partial charge in [-0.1, -0.05) is 48.5 Å². The van der Waals surface area contributed by atoms with Gasteiger partial charge in [0.25, 0.3) is 0 Å². The fraction of sp³-hybridized carbons (Fsp3) is 0.226. The van der Waals surface area contributed by atoms with Gasteiger partial charge >= 0.3 is 0 Å². The van der Waals surface area contributed by atoms with Crippen molar-refractivity contribution in [3.05, 3.63) is 117 Å². The molecule has 4 nitrogen and oxygen atoms in total. The largest absolute Gasteiger partial charge is 0.508 e. The van der Waals surface area contributed by atoms with Crippen molar-refractivity contribution in [3.8, 4) is 23.0 Å². The molecule has 0 spiro atoms. The van der Waals surface area contributed by atoms with E-state index in [9.17, 15) is 20.4 Å². The van der Waals surface area contributed by atoms with E-state index in [2.05, 4.69) is 0 Å². The van der Waals surface area contributed by atoms with Crippen LogP contribution in [-0.2, 0) is 6.42 Å². The first-order chi connectivity index (χ1) is 16.6. The fourth-order valence-electron chi connectivity index (χ4n) is 4.84. The molecule has 35 heavy (non-hydrogen) atoms. The van der Waals surface area contributed by atoms with Gasteiger partial charge in [0.1, 0.15) is 23.0 Å². The zero-order chi connectivity index (χ0) is 25.3. The van der Waals surface area contributed by atoms with Crippen LogP contribution in [0.4, 0.5) is 0 Å². The minimum atomic E-state index is -0.0911. The topological polar surface area (TPSA) is 80.9 Å². The summed E-state index contributed by atoms with van der Waals surface area (Å²) in [6.07, 6.45) is 0.690. The highest BCUT2D eigenvalue weighted by atomic mass is 16.3. The molecule has 0 heterocycles. The summed E-state index contributed by atoms with van der Waals surface area (Å²) in [4.78, 5) is 0. The van der Waals surface area contributed by atoms with Gasteiger partial charge in [-0.05, 0) is 109 Å². The lowest BCUT2D eigenvalue weighted by molar-refractivity contribution is 0.468. The molecule has 0 radical (unpaired) electrons. The Labute approximate surface area is 206 Å². The highest BCUT2D eigenvalue weighted by Gasteiger charge is 2.28. The second-order valence-electron chi connectivity index (χ2n) is 9.55. The number of hydrogen-bond donors (Lipinski definition) is 4. The van der Waals surface area contributed by atoms with Crippen LogP contribution in [0.5, 0.6) is 23.0 Å². The number of aryl methyl sites for hydroxylation is 4. The van der Waals surface area contributed by atoms with Gasteiger partial charge in [0.15, 0.2) is 0 Å². The van der Waals surface area contributed by atoms with E-state index in [1.165, 1.54) is 0 Å². The molecule has 4 aromatic carbocycles. The lowest BCUT2D eigenvalue weighted by Crippen LogP contribution is -2.16. The van der Waals surface area contributed by atoms with Crippen molar-refractivity contribution >= 4 is 0 Å². The molecular weight excluding hydrogens is 436 g/mol. The van der Waals surface area contributed by atoms with Crippen LogP contribution in [0.3, 0.4) is 0 Å². The molecule has 4 heteroatoms. The highest BCUT2D eigenvalue weighted by molar-refractivity contribution is 5.48. The Balaban J connectivity index is 1.94. The predicted octanol–water partition coefficient (Wildman–Crippen LogP) is 6.90. The van der Waals surface area contributed by atoms with Crippen molar-refractivity contribution in [1.29, 1.82) is 0 Å². The molecule has 180 valence electrons. The van der Waals surface area contributed by atoms with E-state index in [-0.39, 0.29) is 34.8 Å². The summed E-state index contributed by atoms with van der Waals surface area (Å²) in [6, 6.07) is 22.8. The number of aromatic hydroxyl groups is 4. The second-order valence-corrected chi connectivity index (χ2v) is 9.55. The lowest BCUT2D eigenvalue weighted by atomic mass is 9.73. The zero-order valence-electron chi connectivity index (χ0n) is 20.6. The molecule has 1 atom stereocenters. The van der Waals surface area contributed by atoms with E-state index < -0.39 is 0 Å². The lowest BCUT2D eigenvalue weighted by Gasteiger charge is -2.30. The summed E-state index contributed by atoms with van der Waals surface area (Å²) in [7, 11) is 0. The Morgan fingerprint density at radius 3 is 1.29 bits per heavy atom. The summed E-state index contributed by atoms with van der Waals surface area (Å²) in [5, 5.41) is 40.7. The first-order valence-electron chi connectivity index (χ1n) is 11.8. The number of hydrogen-bond acceptors (Lipinski definition) is 4. The Morgan fingerprint density at radius 2 is 0.857 bits per heavy atom. The average Bonchev–Trinajstić information content (AvgIpc) is 2.82. The summed E-state index contributed by atoms with van der Waals surface area (Å²) in [5.74, 6) is 0.912. The molecule has 0 fully saturated rings. The molecule has 0 saturated carbocycles. The third kappa shape index (κ3) is 5.12. The van der Waals surface area contributed by atoms with Crippen LogP contribution >= 0.6 is 0 Å². The van der Waals surface area contributed by atoms with Crippen molar-refractivity contribution in [2.24, 2.45) is 0 Å². The quantitative estimate of drug-likeness (QED) is 0.248. The van der Waals surface area contributed by atoms with Gasteiger partial charge in [0.05, 0.1) is 0 Å². The van der Waals surface area contributed by atoms with Gasteiger partial charge in [-0.3, -0.25) is 0 Å². The van der Waals surface area contributed by atoms with Crippen molar-refractivity contribution in [3.63, 3.8) is 0 Å². The number of benzene rings is 4. The van der Waals surface area contributed by atoms with Gasteiger partial charge in [-0.15, -0.1) is 0 Å². The van der Waals surface area contributed by atoms with E-state index in [0.717, 1.165) is 44.5 Å². The van der Waals surface area contributed by atoms with Crippen molar-refractivity contribution in [1.82, 2.24) is 0 Å². The maximum atomic E-state index is 10.2. The third-order valence-corrected chi connectivity index (χ3v) is 6.93. The van der Waals surface area contributed by atoms with E-state index in [0.29, 0.717) is 6.42 Å². The van der Waals surface area contributed by atoms with Crippen LogP contribution < -0.4 is 0 Å². The Kier molecular flexibility index (Phi) is 6.74. The molecule has 4 aromatic rings. The zero-order valence-corrected chi connectivity index (χ0v) is 20.6. The summed E-state index contributed by atoms with van der Waals surface area (Å²) in [5.41, 5.74) is 7.48. The summed E-state index contributed by atoms with van der Waals surface area (Å²) < 4.78 is 0. The standard InChI is InChI=1S/C31H32O4/c1-18-13-22(5-9-27(18)32)17-26(23-6-10-28(33)19(2)14-23)31(24-7-11-29(34)20(3)15-24)25-8-12-30(35)21(4)16-25/h5-16,26,31-35H,17H2,1-4H3. The van der Waals surface area contributed by atoms with Crippen LogP contribution in [0.15, 0.2) is 72.8 Å². The molecule has 4 rings (SSSR count). The first kappa shape index (κ1) is 24.2. The monoisotopic (exact) mass is 468 g/mol. The number of phenols is 4. The second kappa shape index (κ2) is 9.75. The van der Waals surface area contributed by atoms with Crippen LogP contribution in [0.2, 0.25) is 0 Å². The number of rotatable bonds is 6. The average molecular weight is 469 g/mol. The smallest absolute Gasteiger partial charge is 0.118 e. The third-order valence-electron chi connectivity index (χ3n) is 6.93. The Morgan fingerprint density at radius 1 is 0.486 bits per heavy atom. The minimum Gasteiger partial charge on any atom is -0.508 e. The van der Waals surface area contributed by atoms with Crippen LogP contribution in [-0.4, -0.2) is 20.4 Å². The van der Waals surface area contributed by atoms with Gasteiger partial charge in [-0.25, -0.2) is 0 Å². The summed E-state index contributed by atoms with van der Waals surface area (Å²) in [6.45, 7) is 7.57. The van der Waals surface area contributed by atoms with Crippen molar-refractivity contribution < 1.29 is 20.4 Å². The van der Waals surface area contributed by atoms with Gasteiger partial charge in [0.2, 0.25) is 0 Å². The van der Waals surface area contributed by atoms with E-state index in [4.69, 9.17) is 0 Å². The molecule has 0 amide bonds. The first-order valence-corrected chi connectivity index (χ1v) is 11.8. The fourth-order valence-corrected chi connectivity index (χ4v) is 4.84. The Bertz CT molecular complexity index is 1320. The van der Waals surface area contributed by atoms with Crippen molar-refractivity contribution in [2.75, 3.05) is 0 Å². The highest BCUT2D eigenvalue weighted by Crippen LogP contribution is 2.43. The van der Waals surface area contributed by atoms with Crippen LogP contribution in [0.25, 0.3) is 0 Å². The minimum absolute atomic E-state index is 0.0221. The molecule has 0 aliphatic rings. The number of phenolic OH excluding ortho intramolecular Hbond substituents is 4. The van der Waals surface area contributed by atoms with Gasteiger partial charge in [-0.2, -0.15) is 0 Å². The van der Waals surface area contributed by atoms with Gasteiger partial charge in [0, 0.05) is 5.92 Å². The molecule has 0 saturated heterocycles. The normalized spacial score (nSPS) is 12.1. The molecule has 1 unspecified atom stereocenters. The van der Waals surface area contributed by atoms with Gasteiger partial charge < -0.3 is 20.4 Å².